The van der Waals surface area contributed by atoms with Gasteiger partial charge in [-0.05, 0) is 49.2 Å². The van der Waals surface area contributed by atoms with Crippen LogP contribution in [-0.4, -0.2) is 29.5 Å². The van der Waals surface area contributed by atoms with Crippen molar-refractivity contribution < 1.29 is 13.2 Å². The van der Waals surface area contributed by atoms with Gasteiger partial charge < -0.3 is 20.2 Å². The van der Waals surface area contributed by atoms with Crippen LogP contribution in [-0.2, 0) is 12.7 Å². The molecule has 8 nitrogen and oxygen atoms in total. The number of imidazole rings is 2. The van der Waals surface area contributed by atoms with Gasteiger partial charge in [0.15, 0.2) is 17.0 Å². The Morgan fingerprint density at radius 3 is 2.49 bits per heavy atom. The average Bonchev–Trinajstić information content (AvgIpc) is 3.52. The lowest BCUT2D eigenvalue weighted by molar-refractivity contribution is -0.137. The van der Waals surface area contributed by atoms with Gasteiger partial charge >= 0.3 is 6.18 Å². The largest absolute Gasteiger partial charge is 0.416 e. The first-order valence-electron chi connectivity index (χ1n) is 12.3. The highest BCUT2D eigenvalue weighted by molar-refractivity contribution is 5.85. The topological polar surface area (TPSA) is 96.3 Å². The fourth-order valence-electron chi connectivity index (χ4n) is 4.85. The molecule has 11 heteroatoms. The summed E-state index contributed by atoms with van der Waals surface area (Å²) in [7, 11) is 0. The molecule has 0 saturated heterocycles. The van der Waals surface area contributed by atoms with Crippen LogP contribution in [0.2, 0.25) is 0 Å². The van der Waals surface area contributed by atoms with Crippen LogP contribution in [0.5, 0.6) is 0 Å². The van der Waals surface area contributed by atoms with Crippen LogP contribution >= 0.6 is 0 Å². The van der Waals surface area contributed by atoms with E-state index in [0.29, 0.717) is 35.3 Å². The molecule has 3 N–H and O–H groups in total. The molecule has 6 rings (SSSR count). The molecule has 0 aliphatic heterocycles. The highest BCUT2D eigenvalue weighted by atomic mass is 19.4. The van der Waals surface area contributed by atoms with Crippen molar-refractivity contribution in [2.75, 3.05) is 10.6 Å². The quantitative estimate of drug-likeness (QED) is 0.241. The Morgan fingerprint density at radius 2 is 1.73 bits per heavy atom. The molecule has 3 heterocycles. The van der Waals surface area contributed by atoms with Gasteiger partial charge in [0.1, 0.15) is 5.82 Å². The third-order valence-corrected chi connectivity index (χ3v) is 6.72. The first-order chi connectivity index (χ1) is 17.9. The molecule has 0 radical (unpaired) electrons. The summed E-state index contributed by atoms with van der Waals surface area (Å²) >= 11 is 0. The number of benzene rings is 2. The second-order valence-corrected chi connectivity index (χ2v) is 9.27. The molecule has 2 aromatic carbocycles. The number of aromatic nitrogens is 6. The number of rotatable bonds is 6. The molecule has 37 heavy (non-hydrogen) atoms. The lowest BCUT2D eigenvalue weighted by Gasteiger charge is -2.23. The van der Waals surface area contributed by atoms with Crippen LogP contribution in [0.15, 0.2) is 54.9 Å². The summed E-state index contributed by atoms with van der Waals surface area (Å²) in [6, 6.07) is 12.9. The second-order valence-electron chi connectivity index (χ2n) is 9.27. The number of halogens is 3. The summed E-state index contributed by atoms with van der Waals surface area (Å²) < 4.78 is 41.0. The summed E-state index contributed by atoms with van der Waals surface area (Å²) in [5.74, 6) is 1.54. The highest BCUT2D eigenvalue weighted by Crippen LogP contribution is 2.33. The zero-order valence-corrected chi connectivity index (χ0v) is 19.9. The van der Waals surface area contributed by atoms with Gasteiger partial charge in [-0.2, -0.15) is 23.1 Å². The minimum Gasteiger partial charge on any atom is -0.361 e. The second kappa shape index (κ2) is 9.38. The number of fused-ring (bicyclic) bond motifs is 2. The fraction of sp³-hybridized carbons (Fsp3) is 0.308. The molecule has 3 aromatic heterocycles. The molecular formula is C26H25F3N8. The SMILES string of the molecule is FC(F)(F)c1ccc(Nc2nc(NCc3nc4ccccc4[nH]3)c3ncn(C4CCCCC4)c3n2)cc1. The van der Waals surface area contributed by atoms with E-state index < -0.39 is 11.7 Å². The maximum absolute atomic E-state index is 13.0. The number of alkyl halides is 3. The zero-order chi connectivity index (χ0) is 25.4. The molecule has 1 aliphatic rings. The Labute approximate surface area is 210 Å². The number of anilines is 3. The van der Waals surface area contributed by atoms with E-state index in [2.05, 4.69) is 35.1 Å². The number of H-pyrrole nitrogens is 1. The molecule has 0 spiro atoms. The molecular weight excluding hydrogens is 481 g/mol. The van der Waals surface area contributed by atoms with Crippen molar-refractivity contribution in [1.82, 2.24) is 29.5 Å². The lowest BCUT2D eigenvalue weighted by atomic mass is 9.95. The van der Waals surface area contributed by atoms with Crippen LogP contribution in [0.1, 0.15) is 49.5 Å². The van der Waals surface area contributed by atoms with Crippen molar-refractivity contribution >= 4 is 39.7 Å². The Bertz CT molecular complexity index is 1500. The summed E-state index contributed by atoms with van der Waals surface area (Å²) in [5, 5.41) is 6.39. The van der Waals surface area contributed by atoms with Crippen LogP contribution in [0.25, 0.3) is 22.2 Å². The molecule has 0 amide bonds. The Kier molecular flexibility index (Phi) is 5.90. The third-order valence-electron chi connectivity index (χ3n) is 6.72. The Hall–Kier alpha value is -4.15. The van der Waals surface area contributed by atoms with Gasteiger partial charge in [-0.15, -0.1) is 0 Å². The summed E-state index contributed by atoms with van der Waals surface area (Å²) in [4.78, 5) is 21.9. The smallest absolute Gasteiger partial charge is 0.361 e. The molecule has 0 atom stereocenters. The van der Waals surface area contributed by atoms with Gasteiger partial charge in [0.2, 0.25) is 5.95 Å². The fourth-order valence-corrected chi connectivity index (χ4v) is 4.85. The zero-order valence-electron chi connectivity index (χ0n) is 19.9. The van der Waals surface area contributed by atoms with Gasteiger partial charge in [0, 0.05) is 11.7 Å². The van der Waals surface area contributed by atoms with Crippen molar-refractivity contribution in [3.8, 4) is 0 Å². The maximum atomic E-state index is 13.0. The van der Waals surface area contributed by atoms with E-state index in [1.807, 2.05) is 30.6 Å². The minimum atomic E-state index is -4.39. The van der Waals surface area contributed by atoms with E-state index in [1.165, 1.54) is 18.6 Å². The monoisotopic (exact) mass is 506 g/mol. The van der Waals surface area contributed by atoms with Crippen molar-refractivity contribution in [1.29, 1.82) is 0 Å². The van der Waals surface area contributed by atoms with Gasteiger partial charge in [-0.25, -0.2) is 9.97 Å². The van der Waals surface area contributed by atoms with Crippen molar-refractivity contribution in [3.05, 3.63) is 66.2 Å². The summed E-state index contributed by atoms with van der Waals surface area (Å²) in [6.45, 7) is 0.386. The van der Waals surface area contributed by atoms with Gasteiger partial charge in [0.25, 0.3) is 0 Å². The van der Waals surface area contributed by atoms with E-state index in [0.717, 1.165) is 54.7 Å². The minimum absolute atomic E-state index is 0.275. The number of aromatic amines is 1. The van der Waals surface area contributed by atoms with E-state index in [4.69, 9.17) is 4.98 Å². The normalized spacial score (nSPS) is 14.9. The van der Waals surface area contributed by atoms with Gasteiger partial charge in [-0.1, -0.05) is 31.4 Å². The van der Waals surface area contributed by atoms with Gasteiger partial charge in [-0.3, -0.25) is 0 Å². The molecule has 5 aromatic rings. The molecule has 190 valence electrons. The van der Waals surface area contributed by atoms with Crippen LogP contribution in [0.4, 0.5) is 30.6 Å². The Balaban J connectivity index is 1.33. The predicted octanol–water partition coefficient (Wildman–Crippen LogP) is 6.58. The molecule has 1 aliphatic carbocycles. The van der Waals surface area contributed by atoms with Crippen LogP contribution < -0.4 is 10.6 Å². The van der Waals surface area contributed by atoms with Crippen molar-refractivity contribution in [2.24, 2.45) is 0 Å². The Morgan fingerprint density at radius 1 is 0.946 bits per heavy atom. The maximum Gasteiger partial charge on any atom is 0.416 e. The number of nitrogens with zero attached hydrogens (tertiary/aromatic N) is 5. The van der Waals surface area contributed by atoms with E-state index in [1.54, 1.807) is 0 Å². The molecule has 0 bridgehead atoms. The number of hydrogen-bond donors (Lipinski definition) is 3. The van der Waals surface area contributed by atoms with Crippen molar-refractivity contribution in [2.45, 2.75) is 50.9 Å². The van der Waals surface area contributed by atoms with E-state index in [9.17, 15) is 13.2 Å². The lowest BCUT2D eigenvalue weighted by Crippen LogP contribution is -2.13. The van der Waals surface area contributed by atoms with E-state index in [-0.39, 0.29) is 5.95 Å². The standard InChI is InChI=1S/C26H25F3N8/c27-26(28,29)16-10-12-17(13-11-16)32-25-35-23(30-14-21-33-19-8-4-5-9-20(19)34-21)22-24(36-25)37(15-31-22)18-6-2-1-3-7-18/h4-5,8-13,15,18H,1-3,6-7,14H2,(H,33,34)(H2,30,32,35,36). The molecule has 1 saturated carbocycles. The van der Waals surface area contributed by atoms with E-state index >= 15 is 0 Å². The van der Waals surface area contributed by atoms with Crippen LogP contribution in [0, 0.1) is 0 Å². The summed E-state index contributed by atoms with van der Waals surface area (Å²) in [5.41, 5.74) is 2.89. The van der Waals surface area contributed by atoms with Gasteiger partial charge in [0.05, 0.1) is 29.5 Å². The highest BCUT2D eigenvalue weighted by Gasteiger charge is 2.30. The average molecular weight is 507 g/mol. The predicted molar refractivity (Wildman–Crippen MR) is 136 cm³/mol. The summed E-state index contributed by atoms with van der Waals surface area (Å²) in [6.07, 6.45) is 3.06. The first kappa shape index (κ1) is 23.3. The number of nitrogens with one attached hydrogen (secondary N) is 3. The molecule has 1 fully saturated rings. The number of hydrogen-bond acceptors (Lipinski definition) is 6. The first-order valence-corrected chi connectivity index (χ1v) is 12.3. The number of para-hydroxylation sites is 2. The molecule has 0 unspecified atom stereocenters. The van der Waals surface area contributed by atoms with Crippen LogP contribution in [0.3, 0.4) is 0 Å². The third kappa shape index (κ3) is 4.81. The van der Waals surface area contributed by atoms with Crippen molar-refractivity contribution in [3.63, 3.8) is 0 Å².